The summed E-state index contributed by atoms with van der Waals surface area (Å²) >= 11 is 1.32. The van der Waals surface area contributed by atoms with Gasteiger partial charge in [0.1, 0.15) is 0 Å². The summed E-state index contributed by atoms with van der Waals surface area (Å²) in [5, 5.41) is 12.4. The minimum absolute atomic E-state index is 0.0849. The minimum Gasteiger partial charge on any atom is -0.345 e. The van der Waals surface area contributed by atoms with Gasteiger partial charge in [0.2, 0.25) is 5.91 Å². The van der Waals surface area contributed by atoms with E-state index in [1.165, 1.54) is 27.8 Å². The molecule has 4 aromatic rings. The van der Waals surface area contributed by atoms with E-state index in [4.69, 9.17) is 0 Å². The van der Waals surface area contributed by atoms with Crippen molar-refractivity contribution in [3.8, 4) is 17.1 Å². The topological polar surface area (TPSA) is 80.1 Å². The second-order valence-corrected chi connectivity index (χ2v) is 9.33. The van der Waals surface area contributed by atoms with E-state index in [0.717, 1.165) is 17.1 Å². The van der Waals surface area contributed by atoms with Crippen molar-refractivity contribution in [2.45, 2.75) is 19.0 Å². The molecule has 0 saturated carbocycles. The number of hydrogen-bond acceptors (Lipinski definition) is 5. The van der Waals surface area contributed by atoms with Crippen LogP contribution < -0.4 is 5.32 Å². The molecule has 0 fully saturated rings. The number of aromatic nitrogens is 3. The number of amides is 2. The molecule has 0 unspecified atom stereocenters. The molecule has 0 aliphatic rings. The summed E-state index contributed by atoms with van der Waals surface area (Å²) in [5.41, 5.74) is 5.46. The number of aryl methyl sites for hydroxylation is 2. The molecule has 0 aliphatic carbocycles. The summed E-state index contributed by atoms with van der Waals surface area (Å²) < 4.78 is 1.99. The molecule has 3 aromatic carbocycles. The Morgan fingerprint density at radius 3 is 2.29 bits per heavy atom. The van der Waals surface area contributed by atoms with Crippen LogP contribution in [0.3, 0.4) is 0 Å². The van der Waals surface area contributed by atoms with E-state index in [9.17, 15) is 9.59 Å². The average molecular weight is 486 g/mol. The van der Waals surface area contributed by atoms with Gasteiger partial charge in [-0.15, -0.1) is 10.2 Å². The molecule has 178 valence electrons. The predicted molar refractivity (Wildman–Crippen MR) is 140 cm³/mol. The Kier molecular flexibility index (Phi) is 7.31. The highest BCUT2D eigenvalue weighted by Gasteiger charge is 2.18. The molecule has 1 aromatic heterocycles. The number of carbonyl (C=O) groups is 2. The molecule has 1 N–H and O–H groups in total. The summed E-state index contributed by atoms with van der Waals surface area (Å²) in [5.74, 6) is 0.629. The first-order valence-electron chi connectivity index (χ1n) is 11.2. The molecule has 1 heterocycles. The number of anilines is 1. The van der Waals surface area contributed by atoms with Gasteiger partial charge < -0.3 is 10.2 Å². The highest BCUT2D eigenvalue weighted by molar-refractivity contribution is 7.99. The summed E-state index contributed by atoms with van der Waals surface area (Å²) in [6.45, 7) is 4.15. The Morgan fingerprint density at radius 2 is 1.63 bits per heavy atom. The van der Waals surface area contributed by atoms with Crippen molar-refractivity contribution in [2.75, 3.05) is 25.2 Å². The largest absolute Gasteiger partial charge is 0.345 e. The van der Waals surface area contributed by atoms with Crippen LogP contribution in [0.1, 0.15) is 21.5 Å². The van der Waals surface area contributed by atoms with Crippen LogP contribution in [0.5, 0.6) is 0 Å². The zero-order chi connectivity index (χ0) is 24.9. The fourth-order valence-corrected chi connectivity index (χ4v) is 4.27. The predicted octanol–water partition coefficient (Wildman–Crippen LogP) is 4.98. The van der Waals surface area contributed by atoms with Crippen LogP contribution in [0.4, 0.5) is 5.69 Å². The number of hydrogen-bond donors (Lipinski definition) is 1. The molecular weight excluding hydrogens is 458 g/mol. The molecule has 35 heavy (non-hydrogen) atoms. The molecule has 4 rings (SSSR count). The lowest BCUT2D eigenvalue weighted by Crippen LogP contribution is -2.21. The number of thioether (sulfide) groups is 1. The van der Waals surface area contributed by atoms with Crippen molar-refractivity contribution >= 4 is 29.3 Å². The van der Waals surface area contributed by atoms with E-state index < -0.39 is 0 Å². The quantitative estimate of drug-likeness (QED) is 0.373. The summed E-state index contributed by atoms with van der Waals surface area (Å²) in [6.07, 6.45) is 0. The number of benzene rings is 3. The normalized spacial score (nSPS) is 10.7. The van der Waals surface area contributed by atoms with E-state index in [1.807, 2.05) is 41.0 Å². The Labute approximate surface area is 209 Å². The van der Waals surface area contributed by atoms with Gasteiger partial charge in [0.05, 0.1) is 11.4 Å². The fourth-order valence-electron chi connectivity index (χ4n) is 3.52. The first-order chi connectivity index (χ1) is 16.8. The van der Waals surface area contributed by atoms with Crippen molar-refractivity contribution in [3.63, 3.8) is 0 Å². The highest BCUT2D eigenvalue weighted by atomic mass is 32.2. The van der Waals surface area contributed by atoms with Crippen molar-refractivity contribution in [3.05, 3.63) is 89.5 Å². The van der Waals surface area contributed by atoms with Crippen LogP contribution in [0.25, 0.3) is 17.1 Å². The molecule has 0 aliphatic heterocycles. The third-order valence-electron chi connectivity index (χ3n) is 5.57. The maximum Gasteiger partial charge on any atom is 0.253 e. The third-order valence-corrected chi connectivity index (χ3v) is 6.50. The Hall–Kier alpha value is -3.91. The molecule has 0 bridgehead atoms. The maximum absolute atomic E-state index is 12.7. The van der Waals surface area contributed by atoms with Crippen LogP contribution in [0, 0.1) is 13.8 Å². The standard InChI is InChI=1S/C27H27N5O2S/c1-18-10-15-23(16-19(18)2)32-25(20-8-6-5-7-9-20)29-30-27(32)35-17-24(33)28-22-13-11-21(12-14-22)26(34)31(3)4/h5-16H,17H2,1-4H3,(H,28,33). The SMILES string of the molecule is Cc1ccc(-n2c(SCC(=O)Nc3ccc(C(=O)N(C)C)cc3)nnc2-c2ccccc2)cc1C. The molecule has 0 atom stereocenters. The van der Waals surface area contributed by atoms with Gasteiger partial charge in [-0.1, -0.05) is 48.2 Å². The molecule has 0 spiro atoms. The van der Waals surface area contributed by atoms with Gasteiger partial charge in [-0.2, -0.15) is 0 Å². The average Bonchev–Trinajstić information content (AvgIpc) is 3.29. The minimum atomic E-state index is -0.169. The fraction of sp³-hybridized carbons (Fsp3) is 0.185. The summed E-state index contributed by atoms with van der Waals surface area (Å²) in [4.78, 5) is 26.2. The summed E-state index contributed by atoms with van der Waals surface area (Å²) in [7, 11) is 3.41. The van der Waals surface area contributed by atoms with Crippen molar-refractivity contribution < 1.29 is 9.59 Å². The Balaban J connectivity index is 1.53. The lowest BCUT2D eigenvalue weighted by atomic mass is 10.1. The lowest BCUT2D eigenvalue weighted by molar-refractivity contribution is -0.113. The smallest absolute Gasteiger partial charge is 0.253 e. The zero-order valence-corrected chi connectivity index (χ0v) is 21.0. The van der Waals surface area contributed by atoms with E-state index in [2.05, 4.69) is 41.5 Å². The maximum atomic E-state index is 12.7. The number of nitrogens with one attached hydrogen (secondary N) is 1. The van der Waals surface area contributed by atoms with E-state index in [-0.39, 0.29) is 17.6 Å². The van der Waals surface area contributed by atoms with Crippen LogP contribution in [0.2, 0.25) is 0 Å². The van der Waals surface area contributed by atoms with Crippen LogP contribution >= 0.6 is 11.8 Å². The van der Waals surface area contributed by atoms with E-state index in [0.29, 0.717) is 16.4 Å². The summed E-state index contributed by atoms with van der Waals surface area (Å²) in [6, 6.07) is 23.0. The molecular formula is C27H27N5O2S. The Morgan fingerprint density at radius 1 is 0.914 bits per heavy atom. The van der Waals surface area contributed by atoms with Gasteiger partial charge in [0, 0.05) is 30.9 Å². The second-order valence-electron chi connectivity index (χ2n) is 8.39. The second kappa shape index (κ2) is 10.6. The molecule has 8 heteroatoms. The van der Waals surface area contributed by atoms with Gasteiger partial charge in [0.25, 0.3) is 5.91 Å². The Bertz CT molecular complexity index is 1350. The van der Waals surface area contributed by atoms with Crippen LogP contribution in [0.15, 0.2) is 78.0 Å². The first-order valence-corrected chi connectivity index (χ1v) is 12.1. The van der Waals surface area contributed by atoms with Gasteiger partial charge in [0.15, 0.2) is 11.0 Å². The van der Waals surface area contributed by atoms with Gasteiger partial charge in [-0.3, -0.25) is 14.2 Å². The zero-order valence-electron chi connectivity index (χ0n) is 20.1. The molecule has 7 nitrogen and oxygen atoms in total. The molecule has 2 amide bonds. The third kappa shape index (κ3) is 5.60. The lowest BCUT2D eigenvalue weighted by Gasteiger charge is -2.12. The van der Waals surface area contributed by atoms with E-state index >= 15 is 0 Å². The monoisotopic (exact) mass is 485 g/mol. The number of nitrogens with zero attached hydrogens (tertiary/aromatic N) is 4. The number of carbonyl (C=O) groups excluding carboxylic acids is 2. The van der Waals surface area contributed by atoms with Crippen LogP contribution in [-0.2, 0) is 4.79 Å². The first kappa shape index (κ1) is 24.2. The highest BCUT2D eigenvalue weighted by Crippen LogP contribution is 2.29. The molecule has 0 radical (unpaired) electrons. The van der Waals surface area contributed by atoms with Crippen molar-refractivity contribution in [1.29, 1.82) is 0 Å². The molecule has 0 saturated heterocycles. The van der Waals surface area contributed by atoms with Crippen LogP contribution in [-0.4, -0.2) is 51.3 Å². The van der Waals surface area contributed by atoms with Gasteiger partial charge in [-0.25, -0.2) is 0 Å². The van der Waals surface area contributed by atoms with E-state index in [1.54, 1.807) is 38.4 Å². The number of rotatable bonds is 7. The van der Waals surface area contributed by atoms with Gasteiger partial charge >= 0.3 is 0 Å². The van der Waals surface area contributed by atoms with Crippen molar-refractivity contribution in [2.24, 2.45) is 0 Å². The van der Waals surface area contributed by atoms with Gasteiger partial charge in [-0.05, 0) is 61.4 Å². The van der Waals surface area contributed by atoms with Crippen molar-refractivity contribution in [1.82, 2.24) is 19.7 Å².